The third-order valence-electron chi connectivity index (χ3n) is 2.35. The Morgan fingerprint density at radius 3 is 2.33 bits per heavy atom. The van der Waals surface area contributed by atoms with Crippen molar-refractivity contribution in [2.24, 2.45) is 0 Å². The number of rotatable bonds is 6. The van der Waals surface area contributed by atoms with Gasteiger partial charge in [-0.15, -0.1) is 0 Å². The van der Waals surface area contributed by atoms with Crippen molar-refractivity contribution in [3.05, 3.63) is 18.2 Å². The van der Waals surface area contributed by atoms with Crippen molar-refractivity contribution in [2.75, 3.05) is 26.1 Å². The average molecular weight is 263 g/mol. The summed E-state index contributed by atoms with van der Waals surface area (Å²) in [5.41, 5.74) is 0.704. The number of halogens is 3. The van der Waals surface area contributed by atoms with Crippen LogP contribution in [0.2, 0.25) is 0 Å². The lowest BCUT2D eigenvalue weighted by Gasteiger charge is -2.11. The molecule has 0 saturated carbocycles. The summed E-state index contributed by atoms with van der Waals surface area (Å²) in [4.78, 5) is 0. The highest BCUT2D eigenvalue weighted by molar-refractivity contribution is 5.54. The van der Waals surface area contributed by atoms with Gasteiger partial charge in [0.25, 0.3) is 0 Å². The molecule has 3 nitrogen and oxygen atoms in total. The molecule has 102 valence electrons. The number of hydrogen-bond acceptors (Lipinski definition) is 3. The number of nitrogens with one attached hydrogen (secondary N) is 1. The van der Waals surface area contributed by atoms with E-state index in [0.29, 0.717) is 17.2 Å². The van der Waals surface area contributed by atoms with Gasteiger partial charge >= 0.3 is 6.18 Å². The molecule has 6 heteroatoms. The van der Waals surface area contributed by atoms with Gasteiger partial charge in [0, 0.05) is 24.7 Å². The number of ether oxygens (including phenoxy) is 2. The standard InChI is InChI=1S/C12H16F3NO2/c1-17-10-5-4-9(8-11(10)18-2)16-7-3-6-12(13,14)15/h4-5,8,16H,3,6-7H2,1-2H3. The average Bonchev–Trinajstić information content (AvgIpc) is 2.33. The molecule has 1 aromatic carbocycles. The van der Waals surface area contributed by atoms with Gasteiger partial charge in [-0.3, -0.25) is 0 Å². The van der Waals surface area contributed by atoms with Crippen molar-refractivity contribution in [2.45, 2.75) is 19.0 Å². The van der Waals surface area contributed by atoms with Crippen molar-refractivity contribution in [3.8, 4) is 11.5 Å². The predicted molar refractivity (Wildman–Crippen MR) is 63.3 cm³/mol. The van der Waals surface area contributed by atoms with Crippen LogP contribution in [0.15, 0.2) is 18.2 Å². The van der Waals surface area contributed by atoms with Gasteiger partial charge in [0.1, 0.15) is 0 Å². The van der Waals surface area contributed by atoms with Crippen LogP contribution >= 0.6 is 0 Å². The van der Waals surface area contributed by atoms with Gasteiger partial charge in [-0.2, -0.15) is 13.2 Å². The van der Waals surface area contributed by atoms with Crippen molar-refractivity contribution >= 4 is 5.69 Å². The fourth-order valence-corrected chi connectivity index (χ4v) is 1.47. The summed E-state index contributed by atoms with van der Waals surface area (Å²) in [5.74, 6) is 1.12. The SMILES string of the molecule is COc1ccc(NCCCC(F)(F)F)cc1OC. The molecule has 1 N–H and O–H groups in total. The minimum atomic E-state index is -4.10. The van der Waals surface area contributed by atoms with Crippen LogP contribution < -0.4 is 14.8 Å². The first-order valence-electron chi connectivity index (χ1n) is 5.49. The first-order chi connectivity index (χ1) is 8.46. The molecule has 0 aromatic heterocycles. The van der Waals surface area contributed by atoms with Gasteiger partial charge in [-0.05, 0) is 18.6 Å². The van der Waals surface area contributed by atoms with Crippen LogP contribution in [0.4, 0.5) is 18.9 Å². The molecule has 0 atom stereocenters. The van der Waals surface area contributed by atoms with E-state index < -0.39 is 12.6 Å². The van der Waals surface area contributed by atoms with E-state index >= 15 is 0 Å². The molecule has 0 saturated heterocycles. The van der Waals surface area contributed by atoms with Crippen LogP contribution in [0.3, 0.4) is 0 Å². The highest BCUT2D eigenvalue weighted by Crippen LogP contribution is 2.29. The zero-order valence-electron chi connectivity index (χ0n) is 10.3. The van der Waals surface area contributed by atoms with Gasteiger partial charge in [0.2, 0.25) is 0 Å². The summed E-state index contributed by atoms with van der Waals surface area (Å²) in [7, 11) is 3.03. The van der Waals surface area contributed by atoms with Crippen LogP contribution in [-0.2, 0) is 0 Å². The Morgan fingerprint density at radius 1 is 1.11 bits per heavy atom. The third kappa shape index (κ3) is 4.73. The summed E-state index contributed by atoms with van der Waals surface area (Å²) in [6.07, 6.45) is -4.84. The normalized spacial score (nSPS) is 11.2. The monoisotopic (exact) mass is 263 g/mol. The first-order valence-corrected chi connectivity index (χ1v) is 5.49. The van der Waals surface area contributed by atoms with E-state index in [1.54, 1.807) is 18.2 Å². The number of alkyl halides is 3. The van der Waals surface area contributed by atoms with E-state index in [4.69, 9.17) is 9.47 Å². The molecule has 0 bridgehead atoms. The molecule has 1 rings (SSSR count). The summed E-state index contributed by atoms with van der Waals surface area (Å²) in [6.45, 7) is 0.259. The van der Waals surface area contributed by atoms with E-state index in [0.717, 1.165) is 0 Å². The number of benzene rings is 1. The highest BCUT2D eigenvalue weighted by atomic mass is 19.4. The molecular weight excluding hydrogens is 247 g/mol. The maximum Gasteiger partial charge on any atom is 0.389 e. The van der Waals surface area contributed by atoms with Gasteiger partial charge in [0.15, 0.2) is 11.5 Å². The molecule has 0 fully saturated rings. The quantitative estimate of drug-likeness (QED) is 0.797. The molecular formula is C12H16F3NO2. The second kappa shape index (κ2) is 6.37. The lowest BCUT2D eigenvalue weighted by molar-refractivity contribution is -0.134. The third-order valence-corrected chi connectivity index (χ3v) is 2.35. The van der Waals surface area contributed by atoms with Gasteiger partial charge in [-0.1, -0.05) is 0 Å². The van der Waals surface area contributed by atoms with Crippen LogP contribution in [0.1, 0.15) is 12.8 Å². The Morgan fingerprint density at radius 2 is 1.78 bits per heavy atom. The van der Waals surface area contributed by atoms with Crippen molar-refractivity contribution < 1.29 is 22.6 Å². The molecule has 18 heavy (non-hydrogen) atoms. The van der Waals surface area contributed by atoms with Crippen molar-refractivity contribution in [1.29, 1.82) is 0 Å². The fourth-order valence-electron chi connectivity index (χ4n) is 1.47. The second-order valence-corrected chi connectivity index (χ2v) is 3.72. The number of hydrogen-bond donors (Lipinski definition) is 1. The van der Waals surface area contributed by atoms with E-state index in [2.05, 4.69) is 5.32 Å². The maximum absolute atomic E-state index is 11.9. The molecule has 0 unspecified atom stereocenters. The van der Waals surface area contributed by atoms with E-state index in [9.17, 15) is 13.2 Å². The first kappa shape index (κ1) is 14.5. The minimum Gasteiger partial charge on any atom is -0.493 e. The molecule has 0 aliphatic heterocycles. The second-order valence-electron chi connectivity index (χ2n) is 3.72. The molecule has 0 radical (unpaired) electrons. The lowest BCUT2D eigenvalue weighted by Crippen LogP contribution is -2.10. The summed E-state index contributed by atoms with van der Waals surface area (Å²) < 4.78 is 46.0. The summed E-state index contributed by atoms with van der Waals surface area (Å²) in [6, 6.07) is 5.12. The van der Waals surface area contributed by atoms with Gasteiger partial charge in [-0.25, -0.2) is 0 Å². The minimum absolute atomic E-state index is 0.0395. The highest BCUT2D eigenvalue weighted by Gasteiger charge is 2.25. The molecule has 0 amide bonds. The largest absolute Gasteiger partial charge is 0.493 e. The van der Waals surface area contributed by atoms with Crippen LogP contribution in [-0.4, -0.2) is 26.9 Å². The number of anilines is 1. The Kier molecular flexibility index (Phi) is 5.12. The summed E-state index contributed by atoms with van der Waals surface area (Å²) in [5, 5.41) is 2.91. The zero-order valence-corrected chi connectivity index (χ0v) is 10.3. The van der Waals surface area contributed by atoms with Crippen LogP contribution in [0.25, 0.3) is 0 Å². The Balaban J connectivity index is 2.48. The maximum atomic E-state index is 11.9. The fraction of sp³-hybridized carbons (Fsp3) is 0.500. The van der Waals surface area contributed by atoms with E-state index in [-0.39, 0.29) is 13.0 Å². The lowest BCUT2D eigenvalue weighted by atomic mass is 10.2. The summed E-state index contributed by atoms with van der Waals surface area (Å²) >= 11 is 0. The molecule has 0 aliphatic carbocycles. The smallest absolute Gasteiger partial charge is 0.389 e. The van der Waals surface area contributed by atoms with Gasteiger partial charge < -0.3 is 14.8 Å². The van der Waals surface area contributed by atoms with Crippen LogP contribution in [0.5, 0.6) is 11.5 Å². The Bertz CT molecular complexity index is 380. The van der Waals surface area contributed by atoms with Crippen molar-refractivity contribution in [3.63, 3.8) is 0 Å². The molecule has 0 heterocycles. The number of methoxy groups -OCH3 is 2. The zero-order chi connectivity index (χ0) is 13.6. The topological polar surface area (TPSA) is 30.5 Å². The van der Waals surface area contributed by atoms with E-state index in [1.807, 2.05) is 0 Å². The molecule has 1 aromatic rings. The van der Waals surface area contributed by atoms with Gasteiger partial charge in [0.05, 0.1) is 14.2 Å². The molecule has 0 aliphatic rings. The van der Waals surface area contributed by atoms with E-state index in [1.165, 1.54) is 14.2 Å². The van der Waals surface area contributed by atoms with Crippen molar-refractivity contribution in [1.82, 2.24) is 0 Å². The molecule has 0 spiro atoms. The Hall–Kier alpha value is -1.59. The Labute approximate surface area is 104 Å². The van der Waals surface area contributed by atoms with Crippen LogP contribution in [0, 0.1) is 0 Å². The predicted octanol–water partition coefficient (Wildman–Crippen LogP) is 3.46.